The summed E-state index contributed by atoms with van der Waals surface area (Å²) in [6.07, 6.45) is 12.7. The number of aliphatic hydroxyl groups excluding tert-OH is 2. The predicted molar refractivity (Wildman–Crippen MR) is 189 cm³/mol. The molecule has 1 saturated carbocycles. The molecule has 47 heavy (non-hydrogen) atoms. The summed E-state index contributed by atoms with van der Waals surface area (Å²) >= 11 is 0. The molecule has 1 aliphatic rings. The monoisotopic (exact) mass is 646 g/mol. The number of hydrogen-bond acceptors (Lipinski definition) is 6. The normalized spacial score (nSPS) is 18.1. The second-order valence-electron chi connectivity index (χ2n) is 13.7. The first-order valence-corrected chi connectivity index (χ1v) is 17.8. The summed E-state index contributed by atoms with van der Waals surface area (Å²) in [5.41, 5.74) is 5.48. The highest BCUT2D eigenvalue weighted by Gasteiger charge is 2.22. The van der Waals surface area contributed by atoms with Gasteiger partial charge in [0.25, 0.3) is 0 Å². The van der Waals surface area contributed by atoms with Crippen LogP contribution in [0.15, 0.2) is 72.8 Å². The van der Waals surface area contributed by atoms with Crippen LogP contribution in [0.25, 0.3) is 0 Å². The highest BCUT2D eigenvalue weighted by Crippen LogP contribution is 2.37. The van der Waals surface area contributed by atoms with Crippen LogP contribution in [-0.2, 0) is 38.3 Å². The highest BCUT2D eigenvalue weighted by atomic mass is 16.5. The lowest BCUT2D eigenvalue weighted by Crippen LogP contribution is -2.24. The molecular formula is C41H58O6. The summed E-state index contributed by atoms with van der Waals surface area (Å²) in [4.78, 5) is 24.6. The topological polar surface area (TPSA) is 93.1 Å². The van der Waals surface area contributed by atoms with Gasteiger partial charge in [0.2, 0.25) is 0 Å². The summed E-state index contributed by atoms with van der Waals surface area (Å²) in [6, 6.07) is 17.9. The third kappa shape index (κ3) is 13.8. The second kappa shape index (κ2) is 20.2. The van der Waals surface area contributed by atoms with Crippen LogP contribution in [0.2, 0.25) is 0 Å². The summed E-state index contributed by atoms with van der Waals surface area (Å²) in [7, 11) is 0. The van der Waals surface area contributed by atoms with Crippen LogP contribution in [-0.4, -0.2) is 47.6 Å². The molecular weight excluding hydrogens is 588 g/mol. The fourth-order valence-electron chi connectivity index (χ4n) is 6.36. The molecule has 3 unspecified atom stereocenters. The standard InChI is InChI=1S/C41H58O6/c1-6-7-8-9-33-18-22-38(23-19-33)39-24-20-36(21-25-39)15-14-34-10-12-35(13-11-34)16-17-37(28-47-41(45)31(4)32(5)43)27-46-40(44)29(2)26-30(3)42/h10-13,20-21,24-25,30,32-33,37-38,42-43H,2,4,6-9,14-19,22-23,26-28H2,1,3,5H3. The van der Waals surface area contributed by atoms with Crippen LogP contribution < -0.4 is 0 Å². The lowest BCUT2D eigenvalue weighted by Gasteiger charge is -2.29. The molecule has 0 amide bonds. The van der Waals surface area contributed by atoms with E-state index in [0.29, 0.717) is 12.8 Å². The first kappa shape index (κ1) is 38.2. The molecule has 0 radical (unpaired) electrons. The predicted octanol–water partition coefficient (Wildman–Crippen LogP) is 8.23. The van der Waals surface area contributed by atoms with Gasteiger partial charge >= 0.3 is 11.9 Å². The van der Waals surface area contributed by atoms with Crippen molar-refractivity contribution >= 4 is 11.9 Å². The lowest BCUT2D eigenvalue weighted by molar-refractivity contribution is -0.145. The Labute approximate surface area is 283 Å². The Hall–Kier alpha value is -3.22. The molecule has 1 aliphatic carbocycles. The maximum atomic E-state index is 12.3. The van der Waals surface area contributed by atoms with Crippen molar-refractivity contribution in [1.82, 2.24) is 0 Å². The van der Waals surface area contributed by atoms with Crippen LogP contribution in [0.5, 0.6) is 0 Å². The highest BCUT2D eigenvalue weighted by molar-refractivity contribution is 5.88. The van der Waals surface area contributed by atoms with E-state index >= 15 is 0 Å². The van der Waals surface area contributed by atoms with E-state index in [4.69, 9.17) is 9.47 Å². The van der Waals surface area contributed by atoms with Gasteiger partial charge in [-0.2, -0.15) is 0 Å². The van der Waals surface area contributed by atoms with Crippen LogP contribution in [0.1, 0.15) is 113 Å². The average molecular weight is 647 g/mol. The van der Waals surface area contributed by atoms with Gasteiger partial charge in [-0.15, -0.1) is 0 Å². The van der Waals surface area contributed by atoms with Crippen molar-refractivity contribution in [2.45, 2.75) is 122 Å². The van der Waals surface area contributed by atoms with Gasteiger partial charge in [0.15, 0.2) is 0 Å². The lowest BCUT2D eigenvalue weighted by atomic mass is 9.77. The fraction of sp³-hybridized carbons (Fsp3) is 0.561. The molecule has 0 bridgehead atoms. The first-order valence-electron chi connectivity index (χ1n) is 17.8. The van der Waals surface area contributed by atoms with Gasteiger partial charge in [0.1, 0.15) is 0 Å². The maximum absolute atomic E-state index is 12.3. The van der Waals surface area contributed by atoms with Gasteiger partial charge in [0, 0.05) is 17.9 Å². The maximum Gasteiger partial charge on any atom is 0.336 e. The zero-order chi connectivity index (χ0) is 34.2. The third-order valence-corrected chi connectivity index (χ3v) is 9.58. The minimum atomic E-state index is -1.00. The zero-order valence-corrected chi connectivity index (χ0v) is 29.1. The number of unbranched alkanes of at least 4 members (excludes halogenated alkanes) is 2. The Morgan fingerprint density at radius 2 is 1.32 bits per heavy atom. The molecule has 0 aliphatic heterocycles. The van der Waals surface area contributed by atoms with Crippen molar-refractivity contribution in [2.75, 3.05) is 13.2 Å². The Balaban J connectivity index is 1.47. The minimum absolute atomic E-state index is 0.0204. The smallest absolute Gasteiger partial charge is 0.336 e. The molecule has 3 atom stereocenters. The van der Waals surface area contributed by atoms with Crippen molar-refractivity contribution in [3.05, 3.63) is 95.1 Å². The molecule has 0 aromatic heterocycles. The first-order chi connectivity index (χ1) is 22.5. The average Bonchev–Trinajstić information content (AvgIpc) is 3.07. The van der Waals surface area contributed by atoms with E-state index in [1.165, 1.54) is 75.0 Å². The molecule has 258 valence electrons. The van der Waals surface area contributed by atoms with Gasteiger partial charge in [-0.3, -0.25) is 0 Å². The third-order valence-electron chi connectivity index (χ3n) is 9.58. The molecule has 3 rings (SSSR count). The van der Waals surface area contributed by atoms with Crippen molar-refractivity contribution in [1.29, 1.82) is 0 Å². The van der Waals surface area contributed by atoms with Crippen LogP contribution in [0, 0.1) is 11.8 Å². The van der Waals surface area contributed by atoms with E-state index in [0.717, 1.165) is 30.2 Å². The Kier molecular flexibility index (Phi) is 16.4. The Morgan fingerprint density at radius 1 is 0.787 bits per heavy atom. The van der Waals surface area contributed by atoms with Crippen molar-refractivity contribution in [3.8, 4) is 0 Å². The van der Waals surface area contributed by atoms with E-state index in [9.17, 15) is 19.8 Å². The molecule has 2 aromatic rings. The van der Waals surface area contributed by atoms with Gasteiger partial charge in [0.05, 0.1) is 31.0 Å². The van der Waals surface area contributed by atoms with E-state index < -0.39 is 24.1 Å². The van der Waals surface area contributed by atoms with Crippen molar-refractivity contribution < 1.29 is 29.3 Å². The van der Waals surface area contributed by atoms with Crippen LogP contribution in [0.4, 0.5) is 0 Å². The molecule has 6 nitrogen and oxygen atoms in total. The number of benzene rings is 2. The molecule has 0 saturated heterocycles. The summed E-state index contributed by atoms with van der Waals surface area (Å²) in [6.45, 7) is 12.7. The minimum Gasteiger partial charge on any atom is -0.462 e. The van der Waals surface area contributed by atoms with Crippen molar-refractivity contribution in [3.63, 3.8) is 0 Å². The largest absolute Gasteiger partial charge is 0.462 e. The second-order valence-corrected chi connectivity index (χ2v) is 13.7. The van der Waals surface area contributed by atoms with Gasteiger partial charge in [-0.25, -0.2) is 9.59 Å². The van der Waals surface area contributed by atoms with Gasteiger partial charge < -0.3 is 19.7 Å². The molecule has 0 heterocycles. The van der Waals surface area contributed by atoms with Gasteiger partial charge in [-0.1, -0.05) is 94.3 Å². The number of aliphatic hydroxyl groups is 2. The van der Waals surface area contributed by atoms with Crippen molar-refractivity contribution in [2.24, 2.45) is 11.8 Å². The molecule has 2 aromatic carbocycles. The van der Waals surface area contributed by atoms with E-state index in [1.807, 2.05) is 0 Å². The number of rotatable bonds is 20. The quantitative estimate of drug-likeness (QED) is 0.0856. The number of esters is 2. The summed E-state index contributed by atoms with van der Waals surface area (Å²) < 4.78 is 10.8. The SMILES string of the molecule is C=C(CC(C)O)C(=O)OCC(CCc1ccc(CCc2ccc(C3CCC(CCCCC)CC3)cc2)cc1)COC(=O)C(=C)C(C)O. The number of carbonyl (C=O) groups is 2. The number of hydrogen-bond donors (Lipinski definition) is 2. The van der Waals surface area contributed by atoms with E-state index in [1.54, 1.807) is 6.92 Å². The Bertz CT molecular complexity index is 1250. The van der Waals surface area contributed by atoms with E-state index in [-0.39, 0.29) is 36.7 Å². The number of ether oxygens (including phenoxy) is 2. The summed E-state index contributed by atoms with van der Waals surface area (Å²) in [5, 5.41) is 19.2. The summed E-state index contributed by atoms with van der Waals surface area (Å²) in [5.74, 6) is 0.154. The molecule has 2 N–H and O–H groups in total. The van der Waals surface area contributed by atoms with E-state index in [2.05, 4.69) is 68.6 Å². The molecule has 6 heteroatoms. The number of carbonyl (C=O) groups excluding carboxylic acids is 2. The van der Waals surface area contributed by atoms with Crippen LogP contribution in [0.3, 0.4) is 0 Å². The Morgan fingerprint density at radius 3 is 1.85 bits per heavy atom. The molecule has 0 spiro atoms. The molecule has 1 fully saturated rings. The van der Waals surface area contributed by atoms with Gasteiger partial charge in [-0.05, 0) is 99.3 Å². The fourth-order valence-corrected chi connectivity index (χ4v) is 6.36. The number of aryl methyl sites for hydroxylation is 3. The zero-order valence-electron chi connectivity index (χ0n) is 29.1. The van der Waals surface area contributed by atoms with Crippen LogP contribution >= 0.6 is 0 Å².